The van der Waals surface area contributed by atoms with Gasteiger partial charge >= 0.3 is 0 Å². The fourth-order valence-corrected chi connectivity index (χ4v) is 2.90. The van der Waals surface area contributed by atoms with Gasteiger partial charge in [0.25, 0.3) is 0 Å². The van der Waals surface area contributed by atoms with Crippen LogP contribution < -0.4 is 5.32 Å². The predicted molar refractivity (Wildman–Crippen MR) is 59.7 cm³/mol. The van der Waals surface area contributed by atoms with Crippen LogP contribution >= 0.6 is 11.8 Å². The number of nitrogens with one attached hydrogen (secondary N) is 1. The van der Waals surface area contributed by atoms with Crippen LogP contribution in [0.4, 0.5) is 0 Å². The second-order valence-electron chi connectivity index (χ2n) is 3.97. The second-order valence-corrected chi connectivity index (χ2v) is 5.20. The van der Waals surface area contributed by atoms with Gasteiger partial charge in [0.15, 0.2) is 10.9 Å². The average Bonchev–Trinajstić information content (AvgIpc) is 2.82. The van der Waals surface area contributed by atoms with Crippen molar-refractivity contribution in [2.24, 2.45) is 10.9 Å². The third-order valence-electron chi connectivity index (χ3n) is 2.73. The van der Waals surface area contributed by atoms with Crippen molar-refractivity contribution in [2.75, 3.05) is 6.54 Å². The summed E-state index contributed by atoms with van der Waals surface area (Å²) in [7, 11) is 0. The van der Waals surface area contributed by atoms with E-state index in [4.69, 9.17) is 4.52 Å². The van der Waals surface area contributed by atoms with Gasteiger partial charge in [0.2, 0.25) is 0 Å². The number of nitrogens with zero attached hydrogens (tertiary/aromatic N) is 2. The summed E-state index contributed by atoms with van der Waals surface area (Å²) in [6, 6.07) is 1.87. The van der Waals surface area contributed by atoms with Gasteiger partial charge in [-0.15, -0.1) is 0 Å². The van der Waals surface area contributed by atoms with Gasteiger partial charge in [-0.2, -0.15) is 0 Å². The van der Waals surface area contributed by atoms with Crippen LogP contribution in [-0.2, 0) is 6.54 Å². The first-order chi connectivity index (χ1) is 7.42. The topological polar surface area (TPSA) is 50.4 Å². The zero-order valence-electron chi connectivity index (χ0n) is 8.35. The molecule has 0 saturated heterocycles. The van der Waals surface area contributed by atoms with Crippen molar-refractivity contribution in [1.29, 1.82) is 0 Å². The highest BCUT2D eigenvalue weighted by Gasteiger charge is 2.35. The summed E-state index contributed by atoms with van der Waals surface area (Å²) in [5.41, 5.74) is 0. The van der Waals surface area contributed by atoms with Crippen LogP contribution in [0.5, 0.6) is 0 Å². The van der Waals surface area contributed by atoms with Crippen molar-refractivity contribution in [2.45, 2.75) is 24.6 Å². The maximum absolute atomic E-state index is 5.00. The van der Waals surface area contributed by atoms with Gasteiger partial charge in [-0.1, -0.05) is 16.9 Å². The summed E-state index contributed by atoms with van der Waals surface area (Å²) in [5, 5.41) is 8.72. The molecule has 0 radical (unpaired) electrons. The molecule has 0 aromatic carbocycles. The molecule has 1 N–H and O–H groups in total. The molecule has 1 atom stereocenters. The van der Waals surface area contributed by atoms with E-state index >= 15 is 0 Å². The van der Waals surface area contributed by atoms with E-state index in [1.54, 1.807) is 6.20 Å². The van der Waals surface area contributed by atoms with Crippen molar-refractivity contribution >= 4 is 16.9 Å². The first-order valence-corrected chi connectivity index (χ1v) is 6.14. The molecule has 1 aromatic heterocycles. The lowest BCUT2D eigenvalue weighted by atomic mass is 10.3. The first-order valence-electron chi connectivity index (χ1n) is 5.26. The maximum Gasteiger partial charge on any atom is 0.157 e. The van der Waals surface area contributed by atoms with Crippen molar-refractivity contribution in [3.8, 4) is 0 Å². The van der Waals surface area contributed by atoms with Crippen LogP contribution in [0.25, 0.3) is 0 Å². The number of rotatable bonds is 3. The molecule has 1 saturated carbocycles. The number of hydrogen-bond donors (Lipinski definition) is 1. The van der Waals surface area contributed by atoms with Crippen LogP contribution in [-0.4, -0.2) is 22.1 Å². The minimum absolute atomic E-state index is 0.684. The van der Waals surface area contributed by atoms with Crippen LogP contribution in [0.3, 0.4) is 0 Å². The lowest BCUT2D eigenvalue weighted by Gasteiger charge is -2.05. The van der Waals surface area contributed by atoms with Crippen LogP contribution in [0.15, 0.2) is 21.8 Å². The van der Waals surface area contributed by atoms with E-state index in [1.165, 1.54) is 12.8 Å². The predicted octanol–water partition coefficient (Wildman–Crippen LogP) is 1.65. The molecule has 1 aliphatic carbocycles. The Balaban J connectivity index is 1.48. The number of thioether (sulfide) groups is 1. The van der Waals surface area contributed by atoms with Crippen molar-refractivity contribution in [1.82, 2.24) is 10.5 Å². The molecule has 0 spiro atoms. The number of aromatic nitrogens is 1. The molecule has 2 heterocycles. The van der Waals surface area contributed by atoms with Crippen LogP contribution in [0.1, 0.15) is 18.6 Å². The Morgan fingerprint density at radius 1 is 1.53 bits per heavy atom. The Hall–Kier alpha value is -0.970. The molecular formula is C10H13N3OS. The average molecular weight is 223 g/mol. The summed E-state index contributed by atoms with van der Waals surface area (Å²) in [6.07, 6.45) is 4.44. The highest BCUT2D eigenvalue weighted by atomic mass is 32.2. The molecule has 0 bridgehead atoms. The lowest BCUT2D eigenvalue weighted by molar-refractivity contribution is 0.381. The summed E-state index contributed by atoms with van der Waals surface area (Å²) < 4.78 is 5.00. The Morgan fingerprint density at radius 3 is 3.20 bits per heavy atom. The molecule has 1 aromatic rings. The van der Waals surface area contributed by atoms with Gasteiger partial charge in [-0.25, -0.2) is 0 Å². The van der Waals surface area contributed by atoms with E-state index in [-0.39, 0.29) is 0 Å². The highest BCUT2D eigenvalue weighted by molar-refractivity contribution is 8.14. The zero-order valence-corrected chi connectivity index (χ0v) is 9.17. The van der Waals surface area contributed by atoms with E-state index in [0.29, 0.717) is 6.54 Å². The van der Waals surface area contributed by atoms with E-state index in [0.717, 1.165) is 28.6 Å². The van der Waals surface area contributed by atoms with Crippen LogP contribution in [0.2, 0.25) is 0 Å². The van der Waals surface area contributed by atoms with Crippen molar-refractivity contribution in [3.05, 3.63) is 18.0 Å². The molecule has 4 nitrogen and oxygen atoms in total. The van der Waals surface area contributed by atoms with Gasteiger partial charge in [-0.05, 0) is 18.8 Å². The number of aliphatic imine (C=N–C) groups is 1. The molecule has 15 heavy (non-hydrogen) atoms. The molecule has 5 heteroatoms. The lowest BCUT2D eigenvalue weighted by Crippen LogP contribution is -2.18. The summed E-state index contributed by atoms with van der Waals surface area (Å²) in [5.74, 6) is 1.77. The fourth-order valence-electron chi connectivity index (χ4n) is 1.70. The molecule has 1 fully saturated rings. The van der Waals surface area contributed by atoms with Gasteiger partial charge in [0, 0.05) is 11.3 Å². The highest BCUT2D eigenvalue weighted by Crippen LogP contribution is 2.41. The summed E-state index contributed by atoms with van der Waals surface area (Å²) >= 11 is 1.88. The Kier molecular flexibility index (Phi) is 2.40. The zero-order chi connectivity index (χ0) is 10.1. The van der Waals surface area contributed by atoms with Gasteiger partial charge < -0.3 is 9.84 Å². The normalized spacial score (nSPS) is 25.3. The Morgan fingerprint density at radius 2 is 2.47 bits per heavy atom. The van der Waals surface area contributed by atoms with Gasteiger partial charge in [0.05, 0.1) is 19.3 Å². The quantitative estimate of drug-likeness (QED) is 0.846. The second kappa shape index (κ2) is 3.89. The summed E-state index contributed by atoms with van der Waals surface area (Å²) in [6.45, 7) is 1.66. The van der Waals surface area contributed by atoms with Crippen molar-refractivity contribution < 1.29 is 4.52 Å². The Labute approximate surface area is 92.5 Å². The van der Waals surface area contributed by atoms with E-state index in [9.17, 15) is 0 Å². The molecule has 1 unspecified atom stereocenters. The van der Waals surface area contributed by atoms with Crippen molar-refractivity contribution in [3.63, 3.8) is 0 Å². The number of hydrogen-bond acceptors (Lipinski definition) is 5. The largest absolute Gasteiger partial charge is 0.360 e. The third kappa shape index (κ3) is 2.17. The Bertz CT molecular complexity index is 359. The minimum atomic E-state index is 0.684. The van der Waals surface area contributed by atoms with E-state index < -0.39 is 0 Å². The molecule has 2 aliphatic rings. The van der Waals surface area contributed by atoms with E-state index in [2.05, 4.69) is 15.5 Å². The smallest absolute Gasteiger partial charge is 0.157 e. The summed E-state index contributed by atoms with van der Waals surface area (Å²) in [4.78, 5) is 4.48. The molecule has 1 aliphatic heterocycles. The molecule has 80 valence electrons. The van der Waals surface area contributed by atoms with Gasteiger partial charge in [-0.3, -0.25) is 4.99 Å². The standard InChI is InChI=1S/C10H13N3OS/c1-2-7(1)9-6-12-10(15-9)11-5-8-3-4-13-14-8/h3-4,7,9H,1-2,5-6H2,(H,11,12). The molecule has 3 rings (SSSR count). The maximum atomic E-state index is 5.00. The monoisotopic (exact) mass is 223 g/mol. The van der Waals surface area contributed by atoms with Crippen LogP contribution in [0, 0.1) is 5.92 Å². The molecular weight excluding hydrogens is 210 g/mol. The van der Waals surface area contributed by atoms with Gasteiger partial charge in [0.1, 0.15) is 0 Å². The fraction of sp³-hybridized carbons (Fsp3) is 0.600. The minimum Gasteiger partial charge on any atom is -0.360 e. The number of amidine groups is 1. The first kappa shape index (κ1) is 9.27. The van der Waals surface area contributed by atoms with E-state index in [1.807, 2.05) is 17.8 Å². The SMILES string of the molecule is c1cc(CNC2=NCC(C3CC3)S2)on1. The molecule has 0 amide bonds. The third-order valence-corrected chi connectivity index (χ3v) is 4.06.